The van der Waals surface area contributed by atoms with E-state index >= 15 is 0 Å². The second-order valence-electron chi connectivity index (χ2n) is 4.07. The lowest BCUT2D eigenvalue weighted by Gasteiger charge is -2.12. The lowest BCUT2D eigenvalue weighted by atomic mass is 10.3. The fourth-order valence-electron chi connectivity index (χ4n) is 1.52. The van der Waals surface area contributed by atoms with Gasteiger partial charge in [0.15, 0.2) is 0 Å². The van der Waals surface area contributed by atoms with E-state index in [4.69, 9.17) is 27.9 Å². The first-order valence-corrected chi connectivity index (χ1v) is 7.69. The molecule has 2 rings (SSSR count). The molecular formula is C14H13BrCl2N2O. The average molecular weight is 376 g/mol. The number of rotatable bonds is 5. The third-order valence-corrected chi connectivity index (χ3v) is 3.70. The Morgan fingerprint density at radius 2 is 2.00 bits per heavy atom. The number of hydrogen-bond acceptors (Lipinski definition) is 3. The quantitative estimate of drug-likeness (QED) is 0.720. The van der Waals surface area contributed by atoms with Crippen molar-refractivity contribution in [2.45, 2.75) is 13.3 Å². The summed E-state index contributed by atoms with van der Waals surface area (Å²) in [5, 5.41) is 3.98. The molecule has 0 radical (unpaired) electrons. The Hall–Kier alpha value is -0.970. The molecule has 0 saturated carbocycles. The van der Waals surface area contributed by atoms with Gasteiger partial charge < -0.3 is 10.1 Å². The molecule has 2 aromatic rings. The van der Waals surface area contributed by atoms with Gasteiger partial charge >= 0.3 is 0 Å². The maximum Gasteiger partial charge on any atom is 0.240 e. The molecule has 0 amide bonds. The molecular weight excluding hydrogens is 363 g/mol. The molecule has 106 valence electrons. The number of benzene rings is 1. The molecule has 0 bridgehead atoms. The Labute approximate surface area is 136 Å². The topological polar surface area (TPSA) is 34.2 Å². The van der Waals surface area contributed by atoms with Crippen LogP contribution in [0.3, 0.4) is 0 Å². The van der Waals surface area contributed by atoms with Gasteiger partial charge in [0, 0.05) is 6.54 Å². The minimum absolute atomic E-state index is 0.321. The van der Waals surface area contributed by atoms with Crippen molar-refractivity contribution in [1.29, 1.82) is 0 Å². The summed E-state index contributed by atoms with van der Waals surface area (Å²) in [6, 6.07) is 9.12. The number of aromatic nitrogens is 1. The van der Waals surface area contributed by atoms with E-state index in [0.717, 1.165) is 17.4 Å². The van der Waals surface area contributed by atoms with Gasteiger partial charge in [-0.3, -0.25) is 0 Å². The molecule has 1 aromatic heterocycles. The fourth-order valence-corrected chi connectivity index (χ4v) is 2.35. The molecule has 3 nitrogen and oxygen atoms in total. The molecule has 0 aliphatic heterocycles. The minimum Gasteiger partial charge on any atom is -0.436 e. The molecule has 0 unspecified atom stereocenters. The smallest absolute Gasteiger partial charge is 0.240 e. The lowest BCUT2D eigenvalue weighted by molar-refractivity contribution is 0.461. The molecule has 20 heavy (non-hydrogen) atoms. The summed E-state index contributed by atoms with van der Waals surface area (Å²) in [7, 11) is 0. The summed E-state index contributed by atoms with van der Waals surface area (Å²) < 4.78 is 6.56. The van der Waals surface area contributed by atoms with E-state index in [9.17, 15) is 0 Å². The van der Waals surface area contributed by atoms with Crippen LogP contribution < -0.4 is 10.1 Å². The van der Waals surface area contributed by atoms with Gasteiger partial charge in [-0.05, 0) is 40.5 Å². The number of ether oxygens (including phenoxy) is 1. The molecule has 1 heterocycles. The summed E-state index contributed by atoms with van der Waals surface area (Å²) in [5.41, 5.74) is 0. The third kappa shape index (κ3) is 3.78. The Balaban J connectivity index is 2.29. The van der Waals surface area contributed by atoms with Crippen LogP contribution in [-0.4, -0.2) is 11.5 Å². The van der Waals surface area contributed by atoms with E-state index in [1.165, 1.54) is 0 Å². The second-order valence-corrected chi connectivity index (χ2v) is 5.73. The molecule has 0 atom stereocenters. The van der Waals surface area contributed by atoms with Crippen LogP contribution in [0.1, 0.15) is 13.3 Å². The third-order valence-electron chi connectivity index (χ3n) is 2.48. The van der Waals surface area contributed by atoms with E-state index < -0.39 is 0 Å². The Morgan fingerprint density at radius 3 is 2.70 bits per heavy atom. The summed E-state index contributed by atoms with van der Waals surface area (Å²) in [6.07, 6.45) is 0.973. The number of pyridine rings is 1. The zero-order valence-electron chi connectivity index (χ0n) is 10.8. The van der Waals surface area contributed by atoms with E-state index in [1.807, 2.05) is 24.3 Å². The van der Waals surface area contributed by atoms with Crippen LogP contribution in [0.5, 0.6) is 11.6 Å². The van der Waals surface area contributed by atoms with Gasteiger partial charge in [0.25, 0.3) is 0 Å². The zero-order valence-corrected chi connectivity index (χ0v) is 13.9. The normalized spacial score (nSPS) is 10.4. The molecule has 0 spiro atoms. The molecule has 6 heteroatoms. The van der Waals surface area contributed by atoms with E-state index in [-0.39, 0.29) is 0 Å². The maximum atomic E-state index is 6.12. The van der Waals surface area contributed by atoms with Gasteiger partial charge in [-0.15, -0.1) is 0 Å². The van der Waals surface area contributed by atoms with Crippen LogP contribution in [0, 0.1) is 0 Å². The van der Waals surface area contributed by atoms with E-state index in [0.29, 0.717) is 27.5 Å². The SMILES string of the molecule is CCCNc1nc(Oc2ccccc2Br)c(Cl)cc1Cl. The average Bonchev–Trinajstić information content (AvgIpc) is 2.43. The van der Waals surface area contributed by atoms with Crippen molar-refractivity contribution >= 4 is 44.9 Å². The molecule has 1 N–H and O–H groups in total. The molecule has 0 saturated heterocycles. The number of para-hydroxylation sites is 1. The maximum absolute atomic E-state index is 6.12. The van der Waals surface area contributed by atoms with Gasteiger partial charge in [0.1, 0.15) is 16.6 Å². The molecule has 0 fully saturated rings. The van der Waals surface area contributed by atoms with Crippen LogP contribution in [0.2, 0.25) is 10.0 Å². The standard InChI is InChI=1S/C14H13BrCl2N2O/c1-2-7-18-13-10(16)8-11(17)14(19-13)20-12-6-4-3-5-9(12)15/h3-6,8H,2,7H2,1H3,(H,18,19). The summed E-state index contributed by atoms with van der Waals surface area (Å²) in [4.78, 5) is 4.33. The monoisotopic (exact) mass is 374 g/mol. The number of nitrogens with one attached hydrogen (secondary N) is 1. The Bertz CT molecular complexity index is 608. The molecule has 1 aromatic carbocycles. The van der Waals surface area contributed by atoms with Crippen LogP contribution in [0.25, 0.3) is 0 Å². The number of halogens is 3. The second kappa shape index (κ2) is 7.16. The lowest BCUT2D eigenvalue weighted by Crippen LogP contribution is -2.03. The van der Waals surface area contributed by atoms with Crippen LogP contribution in [0.15, 0.2) is 34.8 Å². The van der Waals surface area contributed by atoms with Gasteiger partial charge in [-0.1, -0.05) is 42.3 Å². The highest BCUT2D eigenvalue weighted by Gasteiger charge is 2.12. The Kier molecular flexibility index (Phi) is 5.52. The highest BCUT2D eigenvalue weighted by molar-refractivity contribution is 9.10. The van der Waals surface area contributed by atoms with Crippen molar-refractivity contribution in [3.63, 3.8) is 0 Å². The van der Waals surface area contributed by atoms with Crippen molar-refractivity contribution < 1.29 is 4.74 Å². The van der Waals surface area contributed by atoms with E-state index in [2.05, 4.69) is 33.2 Å². The van der Waals surface area contributed by atoms with Crippen LogP contribution >= 0.6 is 39.1 Å². The summed E-state index contributed by atoms with van der Waals surface area (Å²) in [6.45, 7) is 2.85. The highest BCUT2D eigenvalue weighted by Crippen LogP contribution is 2.35. The minimum atomic E-state index is 0.321. The number of nitrogens with zero attached hydrogens (tertiary/aromatic N) is 1. The van der Waals surface area contributed by atoms with Gasteiger partial charge in [-0.25, -0.2) is 0 Å². The summed E-state index contributed by atoms with van der Waals surface area (Å²) in [5.74, 6) is 1.53. The molecule has 0 aliphatic carbocycles. The first-order valence-electron chi connectivity index (χ1n) is 6.14. The fraction of sp³-hybridized carbons (Fsp3) is 0.214. The van der Waals surface area contributed by atoms with Crippen molar-refractivity contribution in [2.24, 2.45) is 0 Å². The highest BCUT2D eigenvalue weighted by atomic mass is 79.9. The van der Waals surface area contributed by atoms with Crippen LogP contribution in [-0.2, 0) is 0 Å². The van der Waals surface area contributed by atoms with Gasteiger partial charge in [-0.2, -0.15) is 4.98 Å². The summed E-state index contributed by atoms with van der Waals surface area (Å²) >= 11 is 15.6. The van der Waals surface area contributed by atoms with Crippen molar-refractivity contribution in [3.8, 4) is 11.6 Å². The predicted octanol–water partition coefficient (Wildman–Crippen LogP) is 5.77. The van der Waals surface area contributed by atoms with Crippen molar-refractivity contribution in [1.82, 2.24) is 4.98 Å². The van der Waals surface area contributed by atoms with Crippen molar-refractivity contribution in [2.75, 3.05) is 11.9 Å². The number of anilines is 1. The Morgan fingerprint density at radius 1 is 1.25 bits per heavy atom. The molecule has 0 aliphatic rings. The van der Waals surface area contributed by atoms with Gasteiger partial charge in [0.05, 0.1) is 9.50 Å². The van der Waals surface area contributed by atoms with Crippen LogP contribution in [0.4, 0.5) is 5.82 Å². The first-order chi connectivity index (χ1) is 9.61. The first kappa shape index (κ1) is 15.4. The van der Waals surface area contributed by atoms with Gasteiger partial charge in [0.2, 0.25) is 5.88 Å². The number of hydrogen-bond donors (Lipinski definition) is 1. The predicted molar refractivity (Wildman–Crippen MR) is 87.3 cm³/mol. The largest absolute Gasteiger partial charge is 0.436 e. The van der Waals surface area contributed by atoms with E-state index in [1.54, 1.807) is 6.07 Å². The van der Waals surface area contributed by atoms with Crippen molar-refractivity contribution in [3.05, 3.63) is 44.8 Å². The zero-order chi connectivity index (χ0) is 14.5.